The number of aromatic nitrogens is 4. The molecule has 0 atom stereocenters. The number of carbonyl (C=O) groups is 1. The van der Waals surface area contributed by atoms with Crippen molar-refractivity contribution in [1.29, 1.82) is 0 Å². The number of amides is 1. The summed E-state index contributed by atoms with van der Waals surface area (Å²) in [5.74, 6) is -0.471. The molecule has 11 heteroatoms. The number of hydrogen-bond donors (Lipinski definition) is 1. The van der Waals surface area contributed by atoms with Crippen LogP contribution in [-0.4, -0.2) is 57.3 Å². The molecule has 1 aromatic carbocycles. The number of morpholine rings is 1. The Labute approximate surface area is 149 Å². The first-order valence-corrected chi connectivity index (χ1v) is 8.28. The molecule has 3 rings (SSSR count). The number of nitro benzene ring substituents is 1. The number of nitrogens with zero attached hydrogens (tertiary/aromatic N) is 6. The molecule has 0 saturated carbocycles. The molecule has 0 bridgehead atoms. The van der Waals surface area contributed by atoms with Gasteiger partial charge in [-0.25, -0.2) is 0 Å². The maximum Gasteiger partial charge on any atom is 0.293 e. The van der Waals surface area contributed by atoms with Gasteiger partial charge in [0.15, 0.2) is 0 Å². The third-order valence-electron chi connectivity index (χ3n) is 3.89. The minimum absolute atomic E-state index is 0.0587. The number of tetrazole rings is 1. The molecular weight excluding hydrogens is 342 g/mol. The molecule has 1 amide bonds. The molecule has 0 unspecified atom stereocenters. The zero-order chi connectivity index (χ0) is 18.5. The SMILES string of the molecule is CCCn1nnc(NC(=O)c2ccc(N3CCOCC3)c([N+](=O)[O-])c2)n1. The molecule has 1 saturated heterocycles. The number of hydrogen-bond acceptors (Lipinski definition) is 8. The fourth-order valence-electron chi connectivity index (χ4n) is 2.64. The predicted molar refractivity (Wildman–Crippen MR) is 92.2 cm³/mol. The molecule has 0 radical (unpaired) electrons. The third kappa shape index (κ3) is 3.94. The van der Waals surface area contributed by atoms with Crippen molar-refractivity contribution >= 4 is 23.2 Å². The summed E-state index contributed by atoms with van der Waals surface area (Å²) in [6.07, 6.45) is 0.832. The standard InChI is InChI=1S/C15H19N7O4/c1-2-5-21-18-15(17-19-21)16-14(23)11-3-4-12(13(10-11)22(24)25)20-6-8-26-9-7-20/h3-4,10H,2,5-9H2,1H3,(H,16,18,23). The van der Waals surface area contributed by atoms with E-state index in [1.54, 1.807) is 12.1 Å². The van der Waals surface area contributed by atoms with Crippen LogP contribution in [-0.2, 0) is 11.3 Å². The van der Waals surface area contributed by atoms with Crippen LogP contribution in [0.25, 0.3) is 0 Å². The van der Waals surface area contributed by atoms with E-state index in [4.69, 9.17) is 4.74 Å². The van der Waals surface area contributed by atoms with Crippen molar-refractivity contribution in [3.05, 3.63) is 33.9 Å². The van der Waals surface area contributed by atoms with Gasteiger partial charge >= 0.3 is 0 Å². The van der Waals surface area contributed by atoms with Crippen molar-refractivity contribution < 1.29 is 14.5 Å². The number of ether oxygens (including phenoxy) is 1. The van der Waals surface area contributed by atoms with E-state index < -0.39 is 10.8 Å². The normalized spacial score (nSPS) is 14.3. The molecule has 1 fully saturated rings. The highest BCUT2D eigenvalue weighted by atomic mass is 16.6. The van der Waals surface area contributed by atoms with Crippen LogP contribution in [0.4, 0.5) is 17.3 Å². The lowest BCUT2D eigenvalue weighted by atomic mass is 10.1. The predicted octanol–water partition coefficient (Wildman–Crippen LogP) is 1.08. The van der Waals surface area contributed by atoms with Gasteiger partial charge in [-0.3, -0.25) is 20.2 Å². The van der Waals surface area contributed by atoms with Crippen LogP contribution in [0, 0.1) is 10.1 Å². The number of aryl methyl sites for hydroxylation is 1. The number of carbonyl (C=O) groups excluding carboxylic acids is 1. The lowest BCUT2D eigenvalue weighted by Gasteiger charge is -2.28. The van der Waals surface area contributed by atoms with Crippen LogP contribution in [0.1, 0.15) is 23.7 Å². The zero-order valence-corrected chi connectivity index (χ0v) is 14.3. The van der Waals surface area contributed by atoms with Gasteiger partial charge in [-0.2, -0.15) is 4.80 Å². The third-order valence-corrected chi connectivity index (χ3v) is 3.89. The zero-order valence-electron chi connectivity index (χ0n) is 14.3. The molecule has 26 heavy (non-hydrogen) atoms. The van der Waals surface area contributed by atoms with E-state index >= 15 is 0 Å². The molecule has 11 nitrogen and oxygen atoms in total. The van der Waals surface area contributed by atoms with Crippen molar-refractivity contribution in [3.63, 3.8) is 0 Å². The van der Waals surface area contributed by atoms with Gasteiger partial charge in [-0.1, -0.05) is 12.0 Å². The van der Waals surface area contributed by atoms with Crippen molar-refractivity contribution in [1.82, 2.24) is 20.2 Å². The largest absolute Gasteiger partial charge is 0.378 e. The van der Waals surface area contributed by atoms with Gasteiger partial charge in [-0.15, -0.1) is 5.10 Å². The Balaban J connectivity index is 1.79. The first kappa shape index (κ1) is 17.7. The van der Waals surface area contributed by atoms with E-state index in [-0.39, 0.29) is 17.2 Å². The number of nitrogens with one attached hydrogen (secondary N) is 1. The fraction of sp³-hybridized carbons (Fsp3) is 0.467. The smallest absolute Gasteiger partial charge is 0.293 e. The second-order valence-electron chi connectivity index (χ2n) is 5.72. The van der Waals surface area contributed by atoms with Crippen LogP contribution in [0.3, 0.4) is 0 Å². The molecular formula is C15H19N7O4. The Hall–Kier alpha value is -3.08. The van der Waals surface area contributed by atoms with E-state index in [1.165, 1.54) is 10.9 Å². The lowest BCUT2D eigenvalue weighted by molar-refractivity contribution is -0.384. The van der Waals surface area contributed by atoms with Crippen LogP contribution in [0.5, 0.6) is 0 Å². The summed E-state index contributed by atoms with van der Waals surface area (Å²) in [6, 6.07) is 4.39. The van der Waals surface area contributed by atoms with E-state index in [2.05, 4.69) is 20.7 Å². The van der Waals surface area contributed by atoms with E-state index in [9.17, 15) is 14.9 Å². The van der Waals surface area contributed by atoms with E-state index in [0.29, 0.717) is 38.5 Å². The maximum absolute atomic E-state index is 12.4. The molecule has 138 valence electrons. The highest BCUT2D eigenvalue weighted by Crippen LogP contribution is 2.30. The maximum atomic E-state index is 12.4. The summed E-state index contributed by atoms with van der Waals surface area (Å²) < 4.78 is 5.27. The quantitative estimate of drug-likeness (QED) is 0.598. The number of nitro groups is 1. The minimum atomic E-state index is -0.530. The molecule has 2 aromatic rings. The van der Waals surface area contributed by atoms with Gasteiger partial charge in [0, 0.05) is 24.7 Å². The summed E-state index contributed by atoms with van der Waals surface area (Å²) in [5, 5.41) is 25.5. The second-order valence-corrected chi connectivity index (χ2v) is 5.72. The summed E-state index contributed by atoms with van der Waals surface area (Å²) >= 11 is 0. The summed E-state index contributed by atoms with van der Waals surface area (Å²) in [4.78, 5) is 26.6. The Morgan fingerprint density at radius 3 is 2.85 bits per heavy atom. The minimum Gasteiger partial charge on any atom is -0.378 e. The Bertz CT molecular complexity index is 801. The van der Waals surface area contributed by atoms with Gasteiger partial charge < -0.3 is 9.64 Å². The monoisotopic (exact) mass is 361 g/mol. The summed E-state index contributed by atoms with van der Waals surface area (Å²) in [6.45, 7) is 4.71. The van der Waals surface area contributed by atoms with Gasteiger partial charge in [-0.05, 0) is 23.8 Å². The van der Waals surface area contributed by atoms with Crippen LogP contribution in [0.2, 0.25) is 0 Å². The number of benzene rings is 1. The van der Waals surface area contributed by atoms with E-state index in [1.807, 2.05) is 11.8 Å². The van der Waals surface area contributed by atoms with Gasteiger partial charge in [0.2, 0.25) is 0 Å². The molecule has 1 N–H and O–H groups in total. The Kier molecular flexibility index (Phi) is 5.37. The average Bonchev–Trinajstić information content (AvgIpc) is 3.09. The molecule has 0 spiro atoms. The van der Waals surface area contributed by atoms with Crippen molar-refractivity contribution in [2.24, 2.45) is 0 Å². The molecule has 2 heterocycles. The molecule has 1 aliphatic rings. The summed E-state index contributed by atoms with van der Waals surface area (Å²) in [5.41, 5.74) is 0.504. The van der Waals surface area contributed by atoms with Gasteiger partial charge in [0.05, 0.1) is 24.7 Å². The lowest BCUT2D eigenvalue weighted by Crippen LogP contribution is -2.36. The molecule has 1 aliphatic heterocycles. The van der Waals surface area contributed by atoms with Crippen molar-refractivity contribution in [2.45, 2.75) is 19.9 Å². The highest BCUT2D eigenvalue weighted by molar-refractivity contribution is 6.04. The van der Waals surface area contributed by atoms with Gasteiger partial charge in [0.1, 0.15) is 5.69 Å². The number of rotatable bonds is 6. The highest BCUT2D eigenvalue weighted by Gasteiger charge is 2.23. The van der Waals surface area contributed by atoms with Crippen LogP contribution < -0.4 is 10.2 Å². The first-order valence-electron chi connectivity index (χ1n) is 8.28. The van der Waals surface area contributed by atoms with Crippen molar-refractivity contribution in [2.75, 3.05) is 36.5 Å². The second kappa shape index (κ2) is 7.87. The Morgan fingerprint density at radius 1 is 1.38 bits per heavy atom. The molecule has 1 aromatic heterocycles. The first-order chi connectivity index (χ1) is 12.6. The molecule has 0 aliphatic carbocycles. The van der Waals surface area contributed by atoms with Crippen molar-refractivity contribution in [3.8, 4) is 0 Å². The number of anilines is 2. The van der Waals surface area contributed by atoms with Gasteiger partial charge in [0.25, 0.3) is 17.5 Å². The van der Waals surface area contributed by atoms with Crippen LogP contribution >= 0.6 is 0 Å². The topological polar surface area (TPSA) is 128 Å². The fourth-order valence-corrected chi connectivity index (χ4v) is 2.64. The summed E-state index contributed by atoms with van der Waals surface area (Å²) in [7, 11) is 0. The van der Waals surface area contributed by atoms with Crippen LogP contribution in [0.15, 0.2) is 18.2 Å². The Morgan fingerprint density at radius 2 is 2.15 bits per heavy atom. The average molecular weight is 361 g/mol. The van der Waals surface area contributed by atoms with E-state index in [0.717, 1.165) is 6.42 Å².